The number of halogens is 3. The molecule has 8 nitrogen and oxygen atoms in total. The van der Waals surface area contributed by atoms with Crippen molar-refractivity contribution in [3.8, 4) is 11.5 Å². The van der Waals surface area contributed by atoms with Gasteiger partial charge in [-0.3, -0.25) is 14.9 Å². The van der Waals surface area contributed by atoms with E-state index in [2.05, 4.69) is 5.32 Å². The zero-order valence-electron chi connectivity index (χ0n) is 21.3. The molecule has 0 bridgehead atoms. The topological polar surface area (TPSA) is 88.2 Å². The molecular weight excluding hydrogens is 560 g/mol. The lowest BCUT2D eigenvalue weighted by atomic mass is 9.95. The Hall–Kier alpha value is -3.66. The number of ether oxygens (including phenoxy) is 2. The van der Waals surface area contributed by atoms with Crippen LogP contribution in [0.15, 0.2) is 60.7 Å². The number of benzene rings is 3. The largest absolute Gasteiger partial charge is 0.452 e. The number of piperidine rings is 1. The molecule has 206 valence electrons. The van der Waals surface area contributed by atoms with E-state index in [1.165, 1.54) is 21.9 Å². The van der Waals surface area contributed by atoms with Crippen LogP contribution in [0.3, 0.4) is 0 Å². The van der Waals surface area contributed by atoms with Gasteiger partial charge in [-0.1, -0.05) is 59.6 Å². The van der Waals surface area contributed by atoms with Gasteiger partial charge in [0.15, 0.2) is 5.75 Å². The van der Waals surface area contributed by atoms with Crippen LogP contribution >= 0.6 is 23.2 Å². The van der Waals surface area contributed by atoms with Crippen molar-refractivity contribution in [2.45, 2.75) is 37.6 Å². The van der Waals surface area contributed by atoms with Crippen molar-refractivity contribution in [1.29, 1.82) is 0 Å². The SMILES string of the molecule is CN1C(=O)[C@H](NC2C(=O)N(C(=O)OCc3ccccc3)C3CC23)Cc2ccc(Cl)c(Oc3cc(F)ccc3Cl)c21. The van der Waals surface area contributed by atoms with Gasteiger partial charge in [-0.25, -0.2) is 14.1 Å². The minimum absolute atomic E-state index is 0.0635. The third-order valence-electron chi connectivity index (χ3n) is 7.51. The van der Waals surface area contributed by atoms with E-state index in [9.17, 15) is 18.8 Å². The zero-order valence-corrected chi connectivity index (χ0v) is 22.8. The Kier molecular flexibility index (Phi) is 6.90. The van der Waals surface area contributed by atoms with Crippen LogP contribution in [0.2, 0.25) is 10.0 Å². The summed E-state index contributed by atoms with van der Waals surface area (Å²) in [6.07, 6.45) is 0.220. The third-order valence-corrected chi connectivity index (χ3v) is 8.12. The van der Waals surface area contributed by atoms with Gasteiger partial charge >= 0.3 is 6.09 Å². The van der Waals surface area contributed by atoms with Crippen LogP contribution in [0.4, 0.5) is 14.9 Å². The lowest BCUT2D eigenvalue weighted by molar-refractivity contribution is -0.130. The Labute approximate surface area is 239 Å². The van der Waals surface area contributed by atoms with Crippen LogP contribution in [0.5, 0.6) is 11.5 Å². The van der Waals surface area contributed by atoms with Crippen molar-refractivity contribution in [3.63, 3.8) is 0 Å². The second-order valence-electron chi connectivity index (χ2n) is 10.1. The zero-order chi connectivity index (χ0) is 28.1. The second-order valence-corrected chi connectivity index (χ2v) is 10.9. The highest BCUT2D eigenvalue weighted by molar-refractivity contribution is 6.33. The Balaban J connectivity index is 1.18. The molecular formula is C29H24Cl2FN3O5. The Bertz CT molecular complexity index is 1520. The first-order chi connectivity index (χ1) is 19.2. The second kappa shape index (κ2) is 10.4. The predicted octanol–water partition coefficient (Wildman–Crippen LogP) is 5.34. The molecule has 1 saturated carbocycles. The highest BCUT2D eigenvalue weighted by Crippen LogP contribution is 2.47. The number of nitrogens with one attached hydrogen (secondary N) is 1. The van der Waals surface area contributed by atoms with Crippen LogP contribution in [-0.2, 0) is 27.4 Å². The minimum atomic E-state index is -0.722. The van der Waals surface area contributed by atoms with Crippen molar-refractivity contribution < 1.29 is 28.2 Å². The van der Waals surface area contributed by atoms with Crippen molar-refractivity contribution >= 4 is 46.8 Å². The Morgan fingerprint density at radius 1 is 1.05 bits per heavy atom. The summed E-state index contributed by atoms with van der Waals surface area (Å²) in [6, 6.07) is 14.7. The molecule has 3 amide bonds. The summed E-state index contributed by atoms with van der Waals surface area (Å²) in [7, 11) is 1.58. The lowest BCUT2D eigenvalue weighted by Crippen LogP contribution is -2.56. The molecule has 0 radical (unpaired) electrons. The standard InChI is InChI=1S/C29H24Cl2FN3O5/c1-34-25-16(7-9-20(31)26(25)40-23-12-17(32)8-10-19(23)30)11-21(27(34)36)33-24-18-13-22(18)35(28(24)37)29(38)39-14-15-5-3-2-4-6-15/h2-10,12,18,21-22,24,33H,11,13-14H2,1H3/t18?,21-,22?,24?/m1/s1. The van der Waals surface area contributed by atoms with Crippen LogP contribution in [0.1, 0.15) is 17.5 Å². The van der Waals surface area contributed by atoms with Gasteiger partial charge in [0.2, 0.25) is 11.8 Å². The van der Waals surface area contributed by atoms with E-state index in [4.69, 9.17) is 32.7 Å². The molecule has 1 N–H and O–H groups in total. The summed E-state index contributed by atoms with van der Waals surface area (Å²) in [4.78, 5) is 42.0. The summed E-state index contributed by atoms with van der Waals surface area (Å²) in [5, 5.41) is 3.61. The smallest absolute Gasteiger partial charge is 0.417 e. The van der Waals surface area contributed by atoms with E-state index >= 15 is 0 Å². The molecule has 2 aliphatic heterocycles. The van der Waals surface area contributed by atoms with Gasteiger partial charge in [0, 0.05) is 25.1 Å². The van der Waals surface area contributed by atoms with Gasteiger partial charge in [0.25, 0.3) is 0 Å². The molecule has 0 spiro atoms. The van der Waals surface area contributed by atoms with Gasteiger partial charge in [-0.05, 0) is 42.2 Å². The van der Waals surface area contributed by atoms with Gasteiger partial charge in [-0.15, -0.1) is 0 Å². The Morgan fingerprint density at radius 2 is 1.80 bits per heavy atom. The summed E-state index contributed by atoms with van der Waals surface area (Å²) in [5.41, 5.74) is 2.00. The fraction of sp³-hybridized carbons (Fsp3) is 0.276. The van der Waals surface area contributed by atoms with Crippen molar-refractivity contribution in [1.82, 2.24) is 10.2 Å². The summed E-state index contributed by atoms with van der Waals surface area (Å²) in [6.45, 7) is 0.0649. The normalized spacial score (nSPS) is 23.1. The lowest BCUT2D eigenvalue weighted by Gasteiger charge is -2.35. The highest BCUT2D eigenvalue weighted by atomic mass is 35.5. The van der Waals surface area contributed by atoms with Gasteiger partial charge in [-0.2, -0.15) is 0 Å². The number of amides is 3. The fourth-order valence-corrected chi connectivity index (χ4v) is 5.79. The third kappa shape index (κ3) is 4.78. The fourth-order valence-electron chi connectivity index (χ4n) is 5.44. The first-order valence-corrected chi connectivity index (χ1v) is 13.5. The number of carbonyl (C=O) groups excluding carboxylic acids is 3. The molecule has 3 unspecified atom stereocenters. The van der Waals surface area contributed by atoms with Crippen LogP contribution in [-0.4, -0.2) is 48.0 Å². The number of likely N-dealkylation sites (tertiary alicyclic amines) is 1. The molecule has 3 aromatic rings. The molecule has 11 heteroatoms. The quantitative estimate of drug-likeness (QED) is 0.421. The van der Waals surface area contributed by atoms with Crippen molar-refractivity contribution in [2.75, 3.05) is 11.9 Å². The number of fused-ring (bicyclic) bond motifs is 2. The number of carbonyl (C=O) groups is 3. The van der Waals surface area contributed by atoms with Crippen LogP contribution in [0.25, 0.3) is 0 Å². The van der Waals surface area contributed by atoms with Gasteiger partial charge in [0.05, 0.1) is 27.8 Å². The van der Waals surface area contributed by atoms with E-state index in [0.29, 0.717) is 12.1 Å². The first kappa shape index (κ1) is 26.6. The van der Waals surface area contributed by atoms with Crippen LogP contribution < -0.4 is 15.0 Å². The number of hydrogen-bond acceptors (Lipinski definition) is 6. The minimum Gasteiger partial charge on any atom is -0.452 e. The van der Waals surface area contributed by atoms with E-state index in [0.717, 1.165) is 17.2 Å². The number of anilines is 1. The molecule has 40 heavy (non-hydrogen) atoms. The number of imide groups is 1. The van der Waals surface area contributed by atoms with E-state index in [1.807, 2.05) is 30.3 Å². The molecule has 2 heterocycles. The Morgan fingerprint density at radius 3 is 2.58 bits per heavy atom. The van der Waals surface area contributed by atoms with Crippen molar-refractivity contribution in [2.24, 2.45) is 5.92 Å². The van der Waals surface area contributed by atoms with E-state index in [1.54, 1.807) is 19.2 Å². The maximum Gasteiger partial charge on any atom is 0.417 e. The highest BCUT2D eigenvalue weighted by Gasteiger charge is 2.61. The number of likely N-dealkylation sites (N-methyl/N-ethyl adjacent to an activating group) is 1. The van der Waals surface area contributed by atoms with Gasteiger partial charge in [0.1, 0.15) is 18.2 Å². The van der Waals surface area contributed by atoms with Crippen LogP contribution in [0, 0.1) is 11.7 Å². The molecule has 2 fully saturated rings. The monoisotopic (exact) mass is 583 g/mol. The molecule has 6 rings (SSSR count). The summed E-state index contributed by atoms with van der Waals surface area (Å²) < 4.78 is 25.1. The first-order valence-electron chi connectivity index (χ1n) is 12.7. The van der Waals surface area contributed by atoms with E-state index < -0.39 is 29.9 Å². The maximum atomic E-state index is 13.8. The number of nitrogens with zero attached hydrogens (tertiary/aromatic N) is 2. The average Bonchev–Trinajstić information content (AvgIpc) is 3.67. The molecule has 4 atom stereocenters. The molecule has 0 aromatic heterocycles. The molecule has 1 aliphatic carbocycles. The van der Waals surface area contributed by atoms with Gasteiger partial charge < -0.3 is 14.4 Å². The molecule has 3 aromatic carbocycles. The summed E-state index contributed by atoms with van der Waals surface area (Å²) >= 11 is 12.6. The number of hydrogen-bond donors (Lipinski definition) is 1. The number of rotatable bonds is 6. The predicted molar refractivity (Wildman–Crippen MR) is 146 cm³/mol. The van der Waals surface area contributed by atoms with E-state index in [-0.39, 0.29) is 52.4 Å². The summed E-state index contributed by atoms with van der Waals surface area (Å²) in [5.74, 6) is -1.09. The van der Waals surface area contributed by atoms with Crippen molar-refractivity contribution in [3.05, 3.63) is 87.7 Å². The maximum absolute atomic E-state index is 13.8. The average molecular weight is 584 g/mol. The molecule has 1 saturated heterocycles. The molecule has 3 aliphatic rings.